The molecule has 0 saturated heterocycles. The number of carboxylic acids is 1. The Labute approximate surface area is 198 Å². The number of hydrogen-bond acceptors (Lipinski definition) is 4. The van der Waals surface area contributed by atoms with Crippen molar-refractivity contribution >= 4 is 29.2 Å². The minimum absolute atomic E-state index is 0.0707. The number of ether oxygens (including phenoxy) is 1. The first-order valence-corrected chi connectivity index (χ1v) is 11.2. The Morgan fingerprint density at radius 3 is 2.38 bits per heavy atom. The molecule has 0 bridgehead atoms. The van der Waals surface area contributed by atoms with Crippen molar-refractivity contribution < 1.29 is 24.2 Å². The topological polar surface area (TPSA) is 105 Å². The van der Waals surface area contributed by atoms with Gasteiger partial charge in [-0.15, -0.1) is 0 Å². The lowest BCUT2D eigenvalue weighted by atomic mass is 10.1. The standard InChI is InChI=1S/C27H28N2O5/c1-2-19-13-15-22(16-14-19)34-17-6-5-12-25(30)29-24-11-4-3-10-23(24)26(31)28-21-9-7-8-20(18-21)27(32)33/h3-4,7-11,13-16,18H,2,5-6,12,17H2,1H3,(H,28,31)(H,29,30)(H,32,33). The van der Waals surface area contributed by atoms with Crippen molar-refractivity contribution in [2.24, 2.45) is 0 Å². The molecule has 7 nitrogen and oxygen atoms in total. The van der Waals surface area contributed by atoms with Crippen molar-refractivity contribution in [2.45, 2.75) is 32.6 Å². The van der Waals surface area contributed by atoms with Gasteiger partial charge in [-0.1, -0.05) is 37.3 Å². The summed E-state index contributed by atoms with van der Waals surface area (Å²) >= 11 is 0. The Hall–Kier alpha value is -4.13. The van der Waals surface area contributed by atoms with Crippen LogP contribution in [0.25, 0.3) is 0 Å². The van der Waals surface area contributed by atoms with Crippen molar-refractivity contribution in [3.05, 3.63) is 89.5 Å². The molecule has 3 aromatic carbocycles. The van der Waals surface area contributed by atoms with Crippen LogP contribution in [-0.4, -0.2) is 29.5 Å². The number of amides is 2. The van der Waals surface area contributed by atoms with Crippen LogP contribution in [0.2, 0.25) is 0 Å². The number of para-hydroxylation sites is 1. The maximum Gasteiger partial charge on any atom is 0.335 e. The highest BCUT2D eigenvalue weighted by atomic mass is 16.5. The van der Waals surface area contributed by atoms with Crippen molar-refractivity contribution in [1.82, 2.24) is 0 Å². The van der Waals surface area contributed by atoms with E-state index in [0.717, 1.165) is 18.6 Å². The summed E-state index contributed by atoms with van der Waals surface area (Å²) in [6.07, 6.45) is 2.66. The van der Waals surface area contributed by atoms with Gasteiger partial charge in [0.2, 0.25) is 5.91 Å². The predicted octanol–water partition coefficient (Wildman–Crippen LogP) is 5.39. The zero-order valence-electron chi connectivity index (χ0n) is 19.0. The molecule has 3 N–H and O–H groups in total. The lowest BCUT2D eigenvalue weighted by Gasteiger charge is -2.12. The highest BCUT2D eigenvalue weighted by molar-refractivity contribution is 6.10. The lowest BCUT2D eigenvalue weighted by molar-refractivity contribution is -0.116. The number of rotatable bonds is 11. The summed E-state index contributed by atoms with van der Waals surface area (Å²) in [5, 5.41) is 14.6. The van der Waals surface area contributed by atoms with E-state index in [-0.39, 0.29) is 17.0 Å². The molecule has 0 heterocycles. The van der Waals surface area contributed by atoms with E-state index in [1.54, 1.807) is 36.4 Å². The average molecular weight is 461 g/mol. The maximum atomic E-state index is 12.7. The van der Waals surface area contributed by atoms with Crippen molar-refractivity contribution in [3.63, 3.8) is 0 Å². The van der Waals surface area contributed by atoms with Crippen molar-refractivity contribution in [1.29, 1.82) is 0 Å². The minimum Gasteiger partial charge on any atom is -0.494 e. The van der Waals surface area contributed by atoms with Gasteiger partial charge in [0.15, 0.2) is 0 Å². The molecule has 0 fully saturated rings. The lowest BCUT2D eigenvalue weighted by Crippen LogP contribution is -2.18. The molecule has 0 aromatic heterocycles. The molecule has 176 valence electrons. The van der Waals surface area contributed by atoms with Gasteiger partial charge in [0.1, 0.15) is 5.75 Å². The second-order valence-electron chi connectivity index (χ2n) is 7.74. The summed E-state index contributed by atoms with van der Waals surface area (Å²) in [5.74, 6) is -0.902. The first-order valence-electron chi connectivity index (χ1n) is 11.2. The third-order valence-electron chi connectivity index (χ3n) is 5.21. The Balaban J connectivity index is 1.48. The summed E-state index contributed by atoms with van der Waals surface area (Å²) in [4.78, 5) is 36.3. The van der Waals surface area contributed by atoms with Gasteiger partial charge in [-0.05, 0) is 67.3 Å². The zero-order valence-corrected chi connectivity index (χ0v) is 19.0. The second-order valence-corrected chi connectivity index (χ2v) is 7.74. The molecule has 7 heteroatoms. The van der Waals surface area contributed by atoms with E-state index >= 15 is 0 Å². The van der Waals surface area contributed by atoms with Crippen LogP contribution >= 0.6 is 0 Å². The summed E-state index contributed by atoms with van der Waals surface area (Å²) in [6.45, 7) is 2.62. The molecule has 2 amide bonds. The number of hydrogen-bond donors (Lipinski definition) is 3. The fourth-order valence-corrected chi connectivity index (χ4v) is 3.33. The Kier molecular flexibility index (Phi) is 8.80. The van der Waals surface area contributed by atoms with Gasteiger partial charge in [-0.2, -0.15) is 0 Å². The molecule has 0 unspecified atom stereocenters. The van der Waals surface area contributed by atoms with E-state index in [9.17, 15) is 14.4 Å². The second kappa shape index (κ2) is 12.2. The summed E-state index contributed by atoms with van der Waals surface area (Å²) in [5.41, 5.74) is 2.37. The van der Waals surface area contributed by atoms with Crippen LogP contribution in [0.3, 0.4) is 0 Å². The number of carbonyl (C=O) groups is 3. The number of unbranched alkanes of at least 4 members (excludes halogenated alkanes) is 1. The van der Waals surface area contributed by atoms with Crippen LogP contribution in [-0.2, 0) is 11.2 Å². The Morgan fingerprint density at radius 1 is 0.882 bits per heavy atom. The van der Waals surface area contributed by atoms with E-state index in [4.69, 9.17) is 9.84 Å². The van der Waals surface area contributed by atoms with Gasteiger partial charge in [0.05, 0.1) is 23.4 Å². The number of aromatic carboxylic acids is 1. The number of carbonyl (C=O) groups excluding carboxylic acids is 2. The van der Waals surface area contributed by atoms with Crippen LogP contribution in [0.4, 0.5) is 11.4 Å². The third-order valence-corrected chi connectivity index (χ3v) is 5.21. The minimum atomic E-state index is -1.08. The molecule has 0 spiro atoms. The van der Waals surface area contributed by atoms with Crippen LogP contribution < -0.4 is 15.4 Å². The molecule has 34 heavy (non-hydrogen) atoms. The number of nitrogens with one attached hydrogen (secondary N) is 2. The first-order chi connectivity index (χ1) is 16.5. The number of anilines is 2. The maximum absolute atomic E-state index is 12.7. The van der Waals surface area contributed by atoms with Crippen LogP contribution in [0.5, 0.6) is 5.75 Å². The van der Waals surface area contributed by atoms with Gasteiger partial charge in [-0.3, -0.25) is 9.59 Å². The summed E-state index contributed by atoms with van der Waals surface area (Å²) < 4.78 is 5.71. The number of benzene rings is 3. The van der Waals surface area contributed by atoms with Gasteiger partial charge >= 0.3 is 5.97 Å². The first kappa shape index (κ1) is 24.5. The molecular formula is C27H28N2O5. The van der Waals surface area contributed by atoms with E-state index in [0.29, 0.717) is 30.8 Å². The molecule has 0 aliphatic heterocycles. The molecule has 0 aliphatic carbocycles. The van der Waals surface area contributed by atoms with E-state index in [1.807, 2.05) is 24.3 Å². The summed E-state index contributed by atoms with van der Waals surface area (Å²) in [7, 11) is 0. The highest BCUT2D eigenvalue weighted by Crippen LogP contribution is 2.19. The van der Waals surface area contributed by atoms with Gasteiger partial charge in [0.25, 0.3) is 5.91 Å². The molecule has 0 atom stereocenters. The van der Waals surface area contributed by atoms with E-state index < -0.39 is 11.9 Å². The van der Waals surface area contributed by atoms with E-state index in [1.165, 1.54) is 17.7 Å². The summed E-state index contributed by atoms with van der Waals surface area (Å²) in [6, 6.07) is 20.6. The average Bonchev–Trinajstić information content (AvgIpc) is 2.84. The number of carboxylic acid groups (broad SMARTS) is 1. The highest BCUT2D eigenvalue weighted by Gasteiger charge is 2.14. The molecule has 0 radical (unpaired) electrons. The Morgan fingerprint density at radius 2 is 1.65 bits per heavy atom. The third kappa shape index (κ3) is 7.20. The van der Waals surface area contributed by atoms with E-state index in [2.05, 4.69) is 17.6 Å². The molecule has 0 saturated carbocycles. The van der Waals surface area contributed by atoms with Crippen LogP contribution in [0.1, 0.15) is 52.5 Å². The normalized spacial score (nSPS) is 10.4. The van der Waals surface area contributed by atoms with Gasteiger partial charge in [-0.25, -0.2) is 4.79 Å². The van der Waals surface area contributed by atoms with Crippen molar-refractivity contribution in [3.8, 4) is 5.75 Å². The quantitative estimate of drug-likeness (QED) is 0.333. The fraction of sp³-hybridized carbons (Fsp3) is 0.222. The monoisotopic (exact) mass is 460 g/mol. The molecule has 3 aromatic rings. The predicted molar refractivity (Wildman–Crippen MR) is 132 cm³/mol. The molecule has 0 aliphatic rings. The zero-order chi connectivity index (χ0) is 24.3. The molecule has 3 rings (SSSR count). The largest absolute Gasteiger partial charge is 0.494 e. The Bertz CT molecular complexity index is 1140. The molecular weight excluding hydrogens is 432 g/mol. The van der Waals surface area contributed by atoms with Crippen molar-refractivity contribution in [2.75, 3.05) is 17.2 Å². The SMILES string of the molecule is CCc1ccc(OCCCCC(=O)Nc2ccccc2C(=O)Nc2cccc(C(=O)O)c2)cc1. The van der Waals surface area contributed by atoms with Crippen LogP contribution in [0, 0.1) is 0 Å². The number of aryl methyl sites for hydroxylation is 1. The smallest absolute Gasteiger partial charge is 0.335 e. The van der Waals surface area contributed by atoms with Gasteiger partial charge < -0.3 is 20.5 Å². The van der Waals surface area contributed by atoms with Crippen LogP contribution in [0.15, 0.2) is 72.8 Å². The fourth-order valence-electron chi connectivity index (χ4n) is 3.33. The van der Waals surface area contributed by atoms with Gasteiger partial charge in [0, 0.05) is 12.1 Å².